The monoisotopic (exact) mass is 341 g/mol. The van der Waals surface area contributed by atoms with Gasteiger partial charge in [0.25, 0.3) is 5.79 Å². The number of nitriles is 1. The van der Waals surface area contributed by atoms with Gasteiger partial charge in [0.2, 0.25) is 0 Å². The van der Waals surface area contributed by atoms with Gasteiger partial charge in [-0.3, -0.25) is 0 Å². The van der Waals surface area contributed by atoms with Gasteiger partial charge in [0.1, 0.15) is 11.8 Å². The Kier molecular flexibility index (Phi) is 7.17. The zero-order valence-electron chi connectivity index (χ0n) is 13.9. The molecule has 0 heterocycles. The third kappa shape index (κ3) is 6.66. The minimum absolute atomic E-state index is 0.494. The Labute approximate surface area is 148 Å². The molecule has 3 nitrogen and oxygen atoms in total. The molecule has 1 unspecified atom stereocenters. The van der Waals surface area contributed by atoms with Crippen LogP contribution in [0.4, 0.5) is 0 Å². The maximum atomic E-state index is 9.56. The Bertz CT molecular complexity index is 648. The van der Waals surface area contributed by atoms with Crippen LogP contribution in [0.2, 0.25) is 0 Å². The van der Waals surface area contributed by atoms with Gasteiger partial charge in [-0.15, -0.1) is 11.8 Å². The van der Waals surface area contributed by atoms with Crippen LogP contribution in [0.25, 0.3) is 0 Å². The summed E-state index contributed by atoms with van der Waals surface area (Å²) in [7, 11) is 0. The Morgan fingerprint density at radius 2 is 1.75 bits per heavy atom. The van der Waals surface area contributed by atoms with Crippen LogP contribution in [0.15, 0.2) is 59.5 Å². The SMILES string of the molecule is CC(O)(C#N)Oc1ccc(SCCCCCc2ccccc2)cc1. The number of aryl methyl sites for hydroxylation is 1. The molecule has 1 atom stereocenters. The predicted octanol–water partition coefficient (Wildman–Crippen LogP) is 4.80. The van der Waals surface area contributed by atoms with Gasteiger partial charge in [-0.1, -0.05) is 36.8 Å². The fourth-order valence-corrected chi connectivity index (χ4v) is 3.21. The van der Waals surface area contributed by atoms with E-state index < -0.39 is 5.79 Å². The molecule has 1 N–H and O–H groups in total. The predicted molar refractivity (Wildman–Crippen MR) is 98.0 cm³/mol. The number of rotatable bonds is 9. The number of hydrogen-bond donors (Lipinski definition) is 1. The fraction of sp³-hybridized carbons (Fsp3) is 0.350. The van der Waals surface area contributed by atoms with E-state index in [0.29, 0.717) is 5.75 Å². The molecule has 2 aromatic carbocycles. The Morgan fingerprint density at radius 1 is 1.04 bits per heavy atom. The first-order valence-electron chi connectivity index (χ1n) is 8.18. The van der Waals surface area contributed by atoms with Crippen molar-refractivity contribution in [2.45, 2.75) is 43.3 Å². The number of hydrogen-bond acceptors (Lipinski definition) is 4. The molecule has 126 valence electrons. The van der Waals surface area contributed by atoms with E-state index in [1.54, 1.807) is 18.2 Å². The highest BCUT2D eigenvalue weighted by Crippen LogP contribution is 2.24. The second kappa shape index (κ2) is 9.36. The molecular formula is C20H23NO2S. The van der Waals surface area contributed by atoms with Crippen LogP contribution >= 0.6 is 11.8 Å². The molecule has 24 heavy (non-hydrogen) atoms. The first-order valence-corrected chi connectivity index (χ1v) is 9.17. The normalized spacial score (nSPS) is 13.0. The van der Waals surface area contributed by atoms with Gasteiger partial charge in [-0.05, 0) is 54.8 Å². The first kappa shape index (κ1) is 18.4. The first-order chi connectivity index (χ1) is 11.6. The van der Waals surface area contributed by atoms with Crippen molar-refractivity contribution in [1.82, 2.24) is 0 Å². The van der Waals surface area contributed by atoms with E-state index in [1.807, 2.05) is 23.9 Å². The van der Waals surface area contributed by atoms with Crippen LogP contribution < -0.4 is 4.74 Å². The molecule has 0 aliphatic heterocycles. The molecule has 0 radical (unpaired) electrons. The van der Waals surface area contributed by atoms with Crippen LogP contribution in [0.3, 0.4) is 0 Å². The molecule has 0 saturated heterocycles. The van der Waals surface area contributed by atoms with Crippen LogP contribution in [0, 0.1) is 11.3 Å². The van der Waals surface area contributed by atoms with Crippen LogP contribution in [-0.4, -0.2) is 16.6 Å². The summed E-state index contributed by atoms with van der Waals surface area (Å²) in [6.07, 6.45) is 4.80. The summed E-state index contributed by atoms with van der Waals surface area (Å²) in [6.45, 7) is 1.32. The summed E-state index contributed by atoms with van der Waals surface area (Å²) in [5, 5.41) is 18.3. The quantitative estimate of drug-likeness (QED) is 0.308. The lowest BCUT2D eigenvalue weighted by molar-refractivity contribution is -0.0703. The Balaban J connectivity index is 1.63. The highest BCUT2D eigenvalue weighted by molar-refractivity contribution is 7.99. The number of aliphatic hydroxyl groups is 1. The second-order valence-electron chi connectivity index (χ2n) is 5.81. The van der Waals surface area contributed by atoms with E-state index in [1.165, 1.54) is 36.6 Å². The number of unbranched alkanes of at least 4 members (excludes halogenated alkanes) is 2. The molecule has 0 bridgehead atoms. The minimum atomic E-state index is -1.78. The van der Waals surface area contributed by atoms with Crippen molar-refractivity contribution < 1.29 is 9.84 Å². The van der Waals surface area contributed by atoms with Crippen molar-refractivity contribution in [3.8, 4) is 11.8 Å². The fourth-order valence-electron chi connectivity index (χ4n) is 2.30. The van der Waals surface area contributed by atoms with Gasteiger partial charge in [-0.2, -0.15) is 5.26 Å². The summed E-state index contributed by atoms with van der Waals surface area (Å²) >= 11 is 1.82. The van der Waals surface area contributed by atoms with Gasteiger partial charge in [-0.25, -0.2) is 0 Å². The largest absolute Gasteiger partial charge is 0.449 e. The number of ether oxygens (including phenoxy) is 1. The third-order valence-electron chi connectivity index (χ3n) is 3.57. The number of nitrogens with zero attached hydrogens (tertiary/aromatic N) is 1. The molecule has 0 saturated carbocycles. The lowest BCUT2D eigenvalue weighted by Crippen LogP contribution is -2.29. The average Bonchev–Trinajstić information content (AvgIpc) is 2.60. The topological polar surface area (TPSA) is 53.2 Å². The lowest BCUT2D eigenvalue weighted by atomic mass is 10.1. The molecule has 0 aliphatic rings. The molecule has 0 fully saturated rings. The molecule has 4 heteroatoms. The van der Waals surface area contributed by atoms with Crippen molar-refractivity contribution in [1.29, 1.82) is 5.26 Å². The number of thioether (sulfide) groups is 1. The Hall–Kier alpha value is -1.96. The molecule has 0 amide bonds. The van der Waals surface area contributed by atoms with Crippen molar-refractivity contribution >= 4 is 11.8 Å². The summed E-state index contributed by atoms with van der Waals surface area (Å²) in [6, 6.07) is 19.8. The molecule has 2 rings (SSSR count). The number of benzene rings is 2. The smallest absolute Gasteiger partial charge is 0.295 e. The van der Waals surface area contributed by atoms with Gasteiger partial charge in [0.05, 0.1) is 0 Å². The van der Waals surface area contributed by atoms with Crippen LogP contribution in [0.5, 0.6) is 5.75 Å². The highest BCUT2D eigenvalue weighted by Gasteiger charge is 2.20. The summed E-state index contributed by atoms with van der Waals surface area (Å²) < 4.78 is 5.19. The van der Waals surface area contributed by atoms with Gasteiger partial charge >= 0.3 is 0 Å². The Morgan fingerprint density at radius 3 is 2.42 bits per heavy atom. The molecule has 0 aliphatic carbocycles. The lowest BCUT2D eigenvalue weighted by Gasteiger charge is -2.16. The highest BCUT2D eigenvalue weighted by atomic mass is 32.2. The van der Waals surface area contributed by atoms with Crippen molar-refractivity contribution in [3.05, 3.63) is 60.2 Å². The molecule has 0 spiro atoms. The van der Waals surface area contributed by atoms with Gasteiger partial charge < -0.3 is 9.84 Å². The van der Waals surface area contributed by atoms with E-state index >= 15 is 0 Å². The van der Waals surface area contributed by atoms with E-state index in [9.17, 15) is 5.11 Å². The van der Waals surface area contributed by atoms with Crippen LogP contribution in [0.1, 0.15) is 31.7 Å². The van der Waals surface area contributed by atoms with E-state index in [4.69, 9.17) is 10.00 Å². The maximum absolute atomic E-state index is 9.56. The zero-order chi connectivity index (χ0) is 17.3. The van der Waals surface area contributed by atoms with Crippen LogP contribution in [-0.2, 0) is 6.42 Å². The third-order valence-corrected chi connectivity index (χ3v) is 4.67. The summed E-state index contributed by atoms with van der Waals surface area (Å²) in [5.74, 6) is -0.202. The molecule has 0 aromatic heterocycles. The molecular weight excluding hydrogens is 318 g/mol. The summed E-state index contributed by atoms with van der Waals surface area (Å²) in [5.41, 5.74) is 1.41. The zero-order valence-corrected chi connectivity index (χ0v) is 14.8. The standard InChI is InChI=1S/C20H23NO2S/c1-20(22,16-21)23-18-11-13-19(14-12-18)24-15-7-3-6-10-17-8-4-2-5-9-17/h2,4-5,8-9,11-14,22H,3,6-7,10,15H2,1H3. The maximum Gasteiger partial charge on any atom is 0.295 e. The molecule has 2 aromatic rings. The van der Waals surface area contributed by atoms with Gasteiger partial charge in [0.15, 0.2) is 0 Å². The summed E-state index contributed by atoms with van der Waals surface area (Å²) in [4.78, 5) is 1.17. The van der Waals surface area contributed by atoms with Crippen molar-refractivity contribution in [2.24, 2.45) is 0 Å². The van der Waals surface area contributed by atoms with Gasteiger partial charge in [0, 0.05) is 11.8 Å². The van der Waals surface area contributed by atoms with E-state index in [2.05, 4.69) is 30.3 Å². The van der Waals surface area contributed by atoms with E-state index in [0.717, 1.165) is 12.2 Å². The van der Waals surface area contributed by atoms with E-state index in [-0.39, 0.29) is 0 Å². The van der Waals surface area contributed by atoms with Crippen molar-refractivity contribution in [2.75, 3.05) is 5.75 Å². The second-order valence-corrected chi connectivity index (χ2v) is 6.98. The van der Waals surface area contributed by atoms with Crippen molar-refractivity contribution in [3.63, 3.8) is 0 Å². The minimum Gasteiger partial charge on any atom is -0.449 e. The average molecular weight is 341 g/mol.